The lowest BCUT2D eigenvalue weighted by Crippen LogP contribution is -2.35. The van der Waals surface area contributed by atoms with E-state index in [9.17, 15) is 9.90 Å². The van der Waals surface area contributed by atoms with Crippen molar-refractivity contribution in [3.05, 3.63) is 26.6 Å². The van der Waals surface area contributed by atoms with E-state index in [0.717, 1.165) is 33.2 Å². The summed E-state index contributed by atoms with van der Waals surface area (Å²) in [5.74, 6) is 0.0183. The number of hydrogen-bond donors (Lipinski definition) is 1. The van der Waals surface area contributed by atoms with Crippen molar-refractivity contribution in [2.75, 3.05) is 13.7 Å². The normalized spacial score (nSPS) is 19.6. The Balaban J connectivity index is 2.25. The van der Waals surface area contributed by atoms with Gasteiger partial charge in [0, 0.05) is 16.6 Å². The quantitative estimate of drug-likeness (QED) is 0.854. The number of carboxylic acids is 1. The minimum absolute atomic E-state index is 0.387. The minimum atomic E-state index is -0.745. The van der Waals surface area contributed by atoms with Gasteiger partial charge in [-0.3, -0.25) is 9.69 Å². The molecular weight excluding hydrogens is 378 g/mol. The lowest BCUT2D eigenvalue weighted by molar-refractivity contribution is -0.142. The Morgan fingerprint density at radius 2 is 2.26 bits per heavy atom. The van der Waals surface area contributed by atoms with Gasteiger partial charge in [0.15, 0.2) is 0 Å². The number of ether oxygens (including phenoxy) is 1. The van der Waals surface area contributed by atoms with Crippen molar-refractivity contribution < 1.29 is 14.6 Å². The maximum absolute atomic E-state index is 11.2. The van der Waals surface area contributed by atoms with E-state index in [1.165, 1.54) is 0 Å². The maximum Gasteiger partial charge on any atom is 0.320 e. The number of nitrogens with zero attached hydrogens (tertiary/aromatic N) is 1. The highest BCUT2D eigenvalue weighted by Gasteiger charge is 2.31. The first-order valence-corrected chi connectivity index (χ1v) is 7.60. The first kappa shape index (κ1) is 14.8. The zero-order valence-corrected chi connectivity index (χ0v) is 13.7. The minimum Gasteiger partial charge on any atom is -0.495 e. The molecule has 1 fully saturated rings. The van der Waals surface area contributed by atoms with Crippen molar-refractivity contribution in [2.24, 2.45) is 0 Å². The second kappa shape index (κ2) is 6.24. The van der Waals surface area contributed by atoms with E-state index in [2.05, 4.69) is 31.9 Å². The summed E-state index contributed by atoms with van der Waals surface area (Å²) in [6.45, 7) is 1.39. The van der Waals surface area contributed by atoms with E-state index >= 15 is 0 Å². The summed E-state index contributed by atoms with van der Waals surface area (Å²) in [5.41, 5.74) is 0.983. The Bertz CT molecular complexity index is 493. The van der Waals surface area contributed by atoms with Crippen LogP contribution < -0.4 is 4.74 Å². The van der Waals surface area contributed by atoms with Gasteiger partial charge in [0.1, 0.15) is 11.8 Å². The summed E-state index contributed by atoms with van der Waals surface area (Å²) in [5, 5.41) is 9.21. The van der Waals surface area contributed by atoms with Crippen molar-refractivity contribution in [3.8, 4) is 5.75 Å². The summed E-state index contributed by atoms with van der Waals surface area (Å²) in [6.07, 6.45) is 1.64. The number of carboxylic acid groups (broad SMARTS) is 1. The number of carbonyl (C=O) groups is 1. The van der Waals surface area contributed by atoms with E-state index in [1.54, 1.807) is 7.11 Å². The zero-order chi connectivity index (χ0) is 14.0. The largest absolute Gasteiger partial charge is 0.495 e. The van der Waals surface area contributed by atoms with Gasteiger partial charge in [0.05, 0.1) is 11.6 Å². The summed E-state index contributed by atoms with van der Waals surface area (Å²) >= 11 is 6.91. The highest BCUT2D eigenvalue weighted by atomic mass is 79.9. The molecule has 0 spiro atoms. The number of benzene rings is 1. The predicted molar refractivity (Wildman–Crippen MR) is 79.5 cm³/mol. The fourth-order valence-electron chi connectivity index (χ4n) is 2.47. The fourth-order valence-corrected chi connectivity index (χ4v) is 3.95. The second-order valence-electron chi connectivity index (χ2n) is 4.55. The summed E-state index contributed by atoms with van der Waals surface area (Å²) < 4.78 is 7.21. The second-order valence-corrected chi connectivity index (χ2v) is 6.32. The lowest BCUT2D eigenvalue weighted by atomic mass is 10.1. The van der Waals surface area contributed by atoms with Crippen LogP contribution in [0.4, 0.5) is 0 Å². The van der Waals surface area contributed by atoms with Crippen LogP contribution in [0.2, 0.25) is 0 Å². The van der Waals surface area contributed by atoms with Crippen LogP contribution in [0.1, 0.15) is 18.4 Å². The van der Waals surface area contributed by atoms with E-state index in [-0.39, 0.29) is 6.04 Å². The van der Waals surface area contributed by atoms with Crippen LogP contribution in [-0.2, 0) is 11.3 Å². The van der Waals surface area contributed by atoms with Crippen LogP contribution in [0.15, 0.2) is 21.1 Å². The van der Waals surface area contributed by atoms with Gasteiger partial charge >= 0.3 is 5.97 Å². The Morgan fingerprint density at radius 3 is 2.89 bits per heavy atom. The van der Waals surface area contributed by atoms with Crippen molar-refractivity contribution >= 4 is 37.8 Å². The predicted octanol–water partition coefficient (Wildman–Crippen LogP) is 3.27. The molecule has 1 aromatic rings. The average molecular weight is 393 g/mol. The highest BCUT2D eigenvalue weighted by Crippen LogP contribution is 2.34. The first-order valence-electron chi connectivity index (χ1n) is 6.01. The van der Waals surface area contributed by atoms with Crippen LogP contribution in [0.25, 0.3) is 0 Å². The first-order chi connectivity index (χ1) is 9.02. The molecule has 0 saturated carbocycles. The number of rotatable bonds is 4. The number of methoxy groups -OCH3 is 1. The van der Waals surface area contributed by atoms with E-state index in [0.29, 0.717) is 13.0 Å². The molecule has 19 heavy (non-hydrogen) atoms. The molecule has 2 rings (SSSR count). The topological polar surface area (TPSA) is 49.8 Å². The van der Waals surface area contributed by atoms with Crippen molar-refractivity contribution in [1.82, 2.24) is 4.90 Å². The third-order valence-corrected chi connectivity index (χ3v) is 4.36. The number of hydrogen-bond acceptors (Lipinski definition) is 3. The molecule has 1 heterocycles. The van der Waals surface area contributed by atoms with Gasteiger partial charge in [-0.2, -0.15) is 0 Å². The maximum atomic E-state index is 11.2. The fraction of sp³-hybridized carbons (Fsp3) is 0.462. The SMILES string of the molecule is COc1c(Br)cc(Br)cc1CN1CCC[C@H]1C(=O)O. The van der Waals surface area contributed by atoms with E-state index < -0.39 is 5.97 Å². The number of aliphatic carboxylic acids is 1. The van der Waals surface area contributed by atoms with Crippen LogP contribution >= 0.6 is 31.9 Å². The third kappa shape index (κ3) is 3.30. The zero-order valence-electron chi connectivity index (χ0n) is 10.5. The van der Waals surface area contributed by atoms with E-state index in [4.69, 9.17) is 4.74 Å². The molecule has 1 aliphatic rings. The van der Waals surface area contributed by atoms with Gasteiger partial charge in [0.25, 0.3) is 0 Å². The van der Waals surface area contributed by atoms with Crippen LogP contribution in [0.3, 0.4) is 0 Å². The highest BCUT2D eigenvalue weighted by molar-refractivity contribution is 9.11. The molecule has 1 atom stereocenters. The lowest BCUT2D eigenvalue weighted by Gasteiger charge is -2.22. The molecule has 6 heteroatoms. The van der Waals surface area contributed by atoms with Crippen molar-refractivity contribution in [2.45, 2.75) is 25.4 Å². The smallest absolute Gasteiger partial charge is 0.320 e. The number of likely N-dealkylation sites (tertiary alicyclic amines) is 1. The molecule has 0 aromatic heterocycles. The van der Waals surface area contributed by atoms with Gasteiger partial charge in [-0.05, 0) is 47.4 Å². The summed E-state index contributed by atoms with van der Waals surface area (Å²) in [4.78, 5) is 13.2. The molecule has 104 valence electrons. The van der Waals surface area contributed by atoms with Crippen molar-refractivity contribution in [3.63, 3.8) is 0 Å². The van der Waals surface area contributed by atoms with Gasteiger partial charge in [-0.25, -0.2) is 0 Å². The standard InChI is InChI=1S/C13H15Br2NO3/c1-19-12-8(5-9(14)6-10(12)15)7-16-4-2-3-11(16)13(17)18/h5-6,11H,2-4,7H2,1H3,(H,17,18)/t11-/m0/s1. The van der Waals surface area contributed by atoms with Gasteiger partial charge in [-0.15, -0.1) is 0 Å². The monoisotopic (exact) mass is 391 g/mol. The molecule has 1 saturated heterocycles. The molecule has 0 radical (unpaired) electrons. The van der Waals surface area contributed by atoms with Gasteiger partial charge in [0.2, 0.25) is 0 Å². The molecule has 0 bridgehead atoms. The van der Waals surface area contributed by atoms with E-state index in [1.807, 2.05) is 17.0 Å². The Hall–Kier alpha value is -0.590. The van der Waals surface area contributed by atoms with Crippen LogP contribution in [-0.4, -0.2) is 35.7 Å². The Kier molecular flexibility index (Phi) is 4.86. The Morgan fingerprint density at radius 1 is 1.53 bits per heavy atom. The van der Waals surface area contributed by atoms with Gasteiger partial charge < -0.3 is 9.84 Å². The summed E-state index contributed by atoms with van der Waals surface area (Å²) in [7, 11) is 1.62. The molecule has 1 N–H and O–H groups in total. The number of halogens is 2. The molecule has 4 nitrogen and oxygen atoms in total. The molecule has 1 aliphatic heterocycles. The molecule has 0 unspecified atom stereocenters. The third-order valence-electron chi connectivity index (χ3n) is 3.31. The Labute approximate surface area is 129 Å². The van der Waals surface area contributed by atoms with Crippen LogP contribution in [0.5, 0.6) is 5.75 Å². The van der Waals surface area contributed by atoms with Crippen molar-refractivity contribution in [1.29, 1.82) is 0 Å². The molecule has 1 aromatic carbocycles. The van der Waals surface area contributed by atoms with Crippen LogP contribution in [0, 0.1) is 0 Å². The molecular formula is C13H15Br2NO3. The molecule has 0 aliphatic carbocycles. The van der Waals surface area contributed by atoms with Gasteiger partial charge in [-0.1, -0.05) is 15.9 Å². The molecule has 0 amide bonds. The summed E-state index contributed by atoms with van der Waals surface area (Å²) in [6, 6.07) is 3.50. The average Bonchev–Trinajstić information content (AvgIpc) is 2.76.